The largest absolute Gasteiger partial charge is 0.395 e. The Labute approximate surface area is 186 Å². The number of benzene rings is 1. The van der Waals surface area contributed by atoms with Crippen LogP contribution in [0.15, 0.2) is 30.3 Å². The lowest BCUT2D eigenvalue weighted by molar-refractivity contribution is -0.129. The van der Waals surface area contributed by atoms with Gasteiger partial charge in [-0.05, 0) is 64.1 Å². The molecule has 7 heteroatoms. The molecule has 1 amide bonds. The Kier molecular flexibility index (Phi) is 6.70. The summed E-state index contributed by atoms with van der Waals surface area (Å²) >= 11 is 0. The predicted octanol–water partition coefficient (Wildman–Crippen LogP) is 1.17. The number of carbonyl (C=O) groups is 1. The van der Waals surface area contributed by atoms with Crippen LogP contribution >= 0.6 is 0 Å². The SMILES string of the molecule is CN(C)C1(c2ccccc2)CCC2(CC1)CN(CC(=O)NCCO)C(O)N2CC1CC1. The second kappa shape index (κ2) is 9.16. The summed E-state index contributed by atoms with van der Waals surface area (Å²) in [6, 6.07) is 10.8. The topological polar surface area (TPSA) is 79.3 Å². The Hall–Kier alpha value is -1.51. The molecule has 3 aliphatic rings. The van der Waals surface area contributed by atoms with Gasteiger partial charge in [0.2, 0.25) is 5.91 Å². The van der Waals surface area contributed by atoms with Crippen molar-refractivity contribution in [1.29, 1.82) is 0 Å². The minimum atomic E-state index is -0.718. The molecule has 1 spiro atoms. The van der Waals surface area contributed by atoms with Crippen LogP contribution in [0.1, 0.15) is 44.1 Å². The van der Waals surface area contributed by atoms with Crippen molar-refractivity contribution in [3.63, 3.8) is 0 Å². The van der Waals surface area contributed by atoms with Crippen molar-refractivity contribution < 1.29 is 15.0 Å². The molecule has 1 unspecified atom stereocenters. The summed E-state index contributed by atoms with van der Waals surface area (Å²) < 4.78 is 0. The van der Waals surface area contributed by atoms with Gasteiger partial charge in [0, 0.05) is 30.7 Å². The van der Waals surface area contributed by atoms with Gasteiger partial charge in [-0.3, -0.25) is 19.5 Å². The highest BCUT2D eigenvalue weighted by Crippen LogP contribution is 2.50. The second-order valence-corrected chi connectivity index (χ2v) is 9.94. The van der Waals surface area contributed by atoms with Crippen molar-refractivity contribution in [3.05, 3.63) is 35.9 Å². The van der Waals surface area contributed by atoms with Crippen LogP contribution in [-0.4, -0.2) is 89.6 Å². The maximum absolute atomic E-state index is 12.3. The Balaban J connectivity index is 1.52. The van der Waals surface area contributed by atoms with Crippen molar-refractivity contribution in [3.8, 4) is 0 Å². The van der Waals surface area contributed by atoms with Crippen LogP contribution < -0.4 is 5.32 Å². The summed E-state index contributed by atoms with van der Waals surface area (Å²) in [6.45, 7) is 1.98. The van der Waals surface area contributed by atoms with Crippen LogP contribution in [0, 0.1) is 5.92 Å². The molecule has 2 aliphatic carbocycles. The molecule has 1 aromatic carbocycles. The number of aliphatic hydroxyl groups excluding tert-OH is 2. The summed E-state index contributed by atoms with van der Waals surface area (Å²) in [5.41, 5.74) is 1.28. The van der Waals surface area contributed by atoms with E-state index in [0.29, 0.717) is 12.5 Å². The van der Waals surface area contributed by atoms with E-state index >= 15 is 0 Å². The third-order valence-corrected chi connectivity index (χ3v) is 7.82. The Morgan fingerprint density at radius 1 is 1.16 bits per heavy atom. The number of carbonyl (C=O) groups excluding carboxylic acids is 1. The molecule has 31 heavy (non-hydrogen) atoms. The van der Waals surface area contributed by atoms with Gasteiger partial charge in [-0.15, -0.1) is 0 Å². The van der Waals surface area contributed by atoms with E-state index in [0.717, 1.165) is 32.2 Å². The Morgan fingerprint density at radius 2 is 1.84 bits per heavy atom. The fraction of sp³-hybridized carbons (Fsp3) is 0.708. The molecular weight excluding hydrogens is 392 g/mol. The molecule has 1 aliphatic heterocycles. The van der Waals surface area contributed by atoms with Crippen molar-refractivity contribution >= 4 is 5.91 Å². The van der Waals surface area contributed by atoms with E-state index in [1.54, 1.807) is 0 Å². The van der Waals surface area contributed by atoms with Gasteiger partial charge in [0.15, 0.2) is 6.35 Å². The number of nitrogens with one attached hydrogen (secondary N) is 1. The van der Waals surface area contributed by atoms with Crippen LogP contribution in [0.3, 0.4) is 0 Å². The molecule has 7 nitrogen and oxygen atoms in total. The number of rotatable bonds is 8. The zero-order chi connectivity index (χ0) is 22.1. The third kappa shape index (κ3) is 4.52. The molecule has 0 aromatic heterocycles. The summed E-state index contributed by atoms with van der Waals surface area (Å²) in [6.07, 6.45) is 5.82. The quantitative estimate of drug-likeness (QED) is 0.575. The molecule has 1 saturated heterocycles. The number of aliphatic hydroxyl groups is 2. The van der Waals surface area contributed by atoms with E-state index in [1.165, 1.54) is 18.4 Å². The van der Waals surface area contributed by atoms with Gasteiger partial charge < -0.3 is 15.5 Å². The Bertz CT molecular complexity index is 744. The maximum atomic E-state index is 12.3. The molecule has 0 radical (unpaired) electrons. The predicted molar refractivity (Wildman–Crippen MR) is 120 cm³/mol. The van der Waals surface area contributed by atoms with Crippen LogP contribution in [0.2, 0.25) is 0 Å². The molecular formula is C24H38N4O3. The zero-order valence-electron chi connectivity index (χ0n) is 19.0. The van der Waals surface area contributed by atoms with E-state index in [9.17, 15) is 9.90 Å². The molecule has 3 fully saturated rings. The summed E-state index contributed by atoms with van der Waals surface area (Å²) in [4.78, 5) is 18.9. The maximum Gasteiger partial charge on any atom is 0.234 e. The van der Waals surface area contributed by atoms with Crippen LogP contribution in [-0.2, 0) is 10.3 Å². The monoisotopic (exact) mass is 430 g/mol. The minimum Gasteiger partial charge on any atom is -0.395 e. The highest BCUT2D eigenvalue weighted by molar-refractivity contribution is 5.78. The number of amides is 1. The first-order valence-corrected chi connectivity index (χ1v) is 11.7. The number of nitrogens with zero attached hydrogens (tertiary/aromatic N) is 3. The lowest BCUT2D eigenvalue weighted by Gasteiger charge is -2.51. The van der Waals surface area contributed by atoms with Gasteiger partial charge in [-0.2, -0.15) is 0 Å². The fourth-order valence-electron chi connectivity index (χ4n) is 5.75. The van der Waals surface area contributed by atoms with Crippen LogP contribution in [0.4, 0.5) is 0 Å². The van der Waals surface area contributed by atoms with Gasteiger partial charge in [-0.25, -0.2) is 0 Å². The normalized spacial score (nSPS) is 32.1. The van der Waals surface area contributed by atoms with Gasteiger partial charge in [0.1, 0.15) is 0 Å². The molecule has 172 valence electrons. The molecule has 0 bridgehead atoms. The van der Waals surface area contributed by atoms with Gasteiger partial charge in [0.05, 0.1) is 13.2 Å². The highest BCUT2D eigenvalue weighted by atomic mass is 16.3. The zero-order valence-corrected chi connectivity index (χ0v) is 19.0. The van der Waals surface area contributed by atoms with Crippen molar-refractivity contribution in [1.82, 2.24) is 20.0 Å². The third-order valence-electron chi connectivity index (χ3n) is 7.82. The fourth-order valence-corrected chi connectivity index (χ4v) is 5.75. The van der Waals surface area contributed by atoms with E-state index in [4.69, 9.17) is 5.11 Å². The molecule has 1 aromatic rings. The standard InChI is InChI=1S/C24H38N4O3/c1-26(2)24(20-6-4-3-5-7-20)12-10-23(11-13-24)18-27(17-21(30)25-14-15-29)22(31)28(23)16-19-8-9-19/h3-7,19,22,29,31H,8-18H2,1-2H3,(H,25,30). The summed E-state index contributed by atoms with van der Waals surface area (Å²) in [5, 5.41) is 22.9. The van der Waals surface area contributed by atoms with E-state index in [1.807, 2.05) is 4.90 Å². The van der Waals surface area contributed by atoms with Crippen molar-refractivity contribution in [2.45, 2.75) is 56.0 Å². The molecule has 1 atom stereocenters. The lowest BCUT2D eigenvalue weighted by Crippen LogP contribution is -2.56. The van der Waals surface area contributed by atoms with Crippen molar-refractivity contribution in [2.75, 3.05) is 46.9 Å². The number of hydrogen-bond donors (Lipinski definition) is 3. The summed E-state index contributed by atoms with van der Waals surface area (Å²) in [5.74, 6) is 0.531. The van der Waals surface area contributed by atoms with Gasteiger partial charge in [0.25, 0.3) is 0 Å². The first-order chi connectivity index (χ1) is 14.9. The lowest BCUT2D eigenvalue weighted by atomic mass is 9.68. The average Bonchev–Trinajstić information content (AvgIpc) is 3.56. The van der Waals surface area contributed by atoms with Crippen LogP contribution in [0.5, 0.6) is 0 Å². The molecule has 2 saturated carbocycles. The average molecular weight is 431 g/mol. The van der Waals surface area contributed by atoms with E-state index < -0.39 is 6.35 Å². The number of hydrogen-bond acceptors (Lipinski definition) is 6. The first kappa shape index (κ1) is 22.7. The minimum absolute atomic E-state index is 0.00857. The van der Waals surface area contributed by atoms with E-state index in [2.05, 4.69) is 59.5 Å². The molecule has 4 rings (SSSR count). The van der Waals surface area contributed by atoms with Gasteiger partial charge >= 0.3 is 0 Å². The van der Waals surface area contributed by atoms with Crippen LogP contribution in [0.25, 0.3) is 0 Å². The smallest absolute Gasteiger partial charge is 0.234 e. The van der Waals surface area contributed by atoms with Gasteiger partial charge in [-0.1, -0.05) is 30.3 Å². The van der Waals surface area contributed by atoms with Crippen molar-refractivity contribution in [2.24, 2.45) is 5.92 Å². The highest BCUT2D eigenvalue weighted by Gasteiger charge is 2.55. The molecule has 3 N–H and O–H groups in total. The first-order valence-electron chi connectivity index (χ1n) is 11.7. The Morgan fingerprint density at radius 3 is 2.42 bits per heavy atom. The summed E-state index contributed by atoms with van der Waals surface area (Å²) in [7, 11) is 4.35. The molecule has 1 heterocycles. The second-order valence-electron chi connectivity index (χ2n) is 9.94. The van der Waals surface area contributed by atoms with E-state index in [-0.39, 0.29) is 36.7 Å².